The Balaban J connectivity index is 2.26. The van der Waals surface area contributed by atoms with E-state index >= 15 is 0 Å². The van der Waals surface area contributed by atoms with Gasteiger partial charge in [-0.3, -0.25) is 4.79 Å². The molecule has 2 rings (SSSR count). The van der Waals surface area contributed by atoms with Gasteiger partial charge in [-0.25, -0.2) is 0 Å². The van der Waals surface area contributed by atoms with Crippen molar-refractivity contribution in [2.24, 2.45) is 0 Å². The summed E-state index contributed by atoms with van der Waals surface area (Å²) in [5.74, 6) is 1.05. The number of ether oxygens (including phenoxy) is 2. The molecule has 0 unspecified atom stereocenters. The maximum Gasteiger partial charge on any atom is 0.310 e. The van der Waals surface area contributed by atoms with Crippen molar-refractivity contribution in [3.63, 3.8) is 0 Å². The average Bonchev–Trinajstić information content (AvgIpc) is 2.44. The maximum absolute atomic E-state index is 11.4. The van der Waals surface area contributed by atoms with Crippen LogP contribution in [0.5, 0.6) is 11.5 Å². The van der Waals surface area contributed by atoms with Gasteiger partial charge in [0, 0.05) is 14.5 Å². The average molecular weight is 400 g/mol. The van der Waals surface area contributed by atoms with Crippen LogP contribution < -0.4 is 4.74 Å². The van der Waals surface area contributed by atoms with E-state index in [1.807, 2.05) is 42.5 Å². The van der Waals surface area contributed by atoms with Gasteiger partial charge in [-0.2, -0.15) is 0 Å². The summed E-state index contributed by atoms with van der Waals surface area (Å²) < 4.78 is 12.4. The zero-order chi connectivity index (χ0) is 14.5. The molecule has 0 saturated heterocycles. The molecule has 0 radical (unpaired) electrons. The van der Waals surface area contributed by atoms with E-state index in [-0.39, 0.29) is 12.4 Å². The number of esters is 1. The number of benzene rings is 2. The Kier molecular flexibility index (Phi) is 5.20. The quantitative estimate of drug-likeness (QED) is 0.697. The van der Waals surface area contributed by atoms with Gasteiger partial charge in [0.25, 0.3) is 0 Å². The van der Waals surface area contributed by atoms with Gasteiger partial charge >= 0.3 is 5.97 Å². The van der Waals surface area contributed by atoms with Crippen LogP contribution in [0.2, 0.25) is 0 Å². The second-order valence-electron chi connectivity index (χ2n) is 4.06. The molecule has 20 heavy (non-hydrogen) atoms. The highest BCUT2D eigenvalue weighted by Gasteiger charge is 2.11. The van der Waals surface area contributed by atoms with Crippen molar-refractivity contribution in [1.29, 1.82) is 0 Å². The Bertz CT molecular complexity index is 609. The number of carbonyl (C=O) groups is 1. The first kappa shape index (κ1) is 15.1. The second kappa shape index (κ2) is 6.90. The molecule has 0 bridgehead atoms. The van der Waals surface area contributed by atoms with Crippen LogP contribution in [0.15, 0.2) is 51.4 Å². The number of carbonyl (C=O) groups excluding carboxylic acids is 1. The fourth-order valence-corrected chi connectivity index (χ4v) is 2.32. The lowest BCUT2D eigenvalue weighted by Crippen LogP contribution is -2.05. The summed E-state index contributed by atoms with van der Waals surface area (Å²) in [6.45, 7) is 0. The molecule has 0 aliphatic heterocycles. The Morgan fingerprint density at radius 3 is 2.35 bits per heavy atom. The van der Waals surface area contributed by atoms with Crippen molar-refractivity contribution >= 4 is 37.8 Å². The first-order chi connectivity index (χ1) is 9.58. The molecular weight excluding hydrogens is 388 g/mol. The third-order valence-corrected chi connectivity index (χ3v) is 3.65. The fourth-order valence-electron chi connectivity index (χ4n) is 1.64. The third-order valence-electron chi connectivity index (χ3n) is 2.63. The van der Waals surface area contributed by atoms with E-state index < -0.39 is 0 Å². The van der Waals surface area contributed by atoms with Crippen LogP contribution in [0.25, 0.3) is 0 Å². The predicted molar refractivity (Wildman–Crippen MR) is 84.1 cm³/mol. The molecule has 5 heteroatoms. The Labute approximate surface area is 134 Å². The molecular formula is C15H12Br2O3. The molecule has 3 nitrogen and oxygen atoms in total. The molecule has 0 fully saturated rings. The van der Waals surface area contributed by atoms with Crippen molar-refractivity contribution in [3.8, 4) is 11.5 Å². The predicted octanol–water partition coefficient (Wildman–Crippen LogP) is 4.72. The van der Waals surface area contributed by atoms with Crippen LogP contribution in [0.4, 0.5) is 0 Å². The fraction of sp³-hybridized carbons (Fsp3) is 0.133. The van der Waals surface area contributed by atoms with Crippen LogP contribution in [0.1, 0.15) is 5.56 Å². The monoisotopic (exact) mass is 398 g/mol. The molecule has 0 atom stereocenters. The first-order valence-electron chi connectivity index (χ1n) is 5.87. The summed E-state index contributed by atoms with van der Waals surface area (Å²) in [6, 6.07) is 13.1. The molecule has 0 aromatic heterocycles. The lowest BCUT2D eigenvalue weighted by Gasteiger charge is -2.11. The summed E-state index contributed by atoms with van der Waals surface area (Å²) in [5.41, 5.74) is 0.772. The molecule has 0 heterocycles. The number of methoxy groups -OCH3 is 1. The van der Waals surface area contributed by atoms with Gasteiger partial charge in [0.15, 0.2) is 0 Å². The summed E-state index contributed by atoms with van der Waals surface area (Å²) >= 11 is 6.76. The molecule has 2 aromatic rings. The van der Waals surface area contributed by atoms with E-state index in [0.717, 1.165) is 14.5 Å². The number of hydrogen-bond donors (Lipinski definition) is 0. The summed E-state index contributed by atoms with van der Waals surface area (Å²) in [4.78, 5) is 11.4. The van der Waals surface area contributed by atoms with Crippen molar-refractivity contribution in [2.75, 3.05) is 7.11 Å². The normalized spacial score (nSPS) is 10.2. The molecule has 0 amide bonds. The van der Waals surface area contributed by atoms with Crippen molar-refractivity contribution in [2.45, 2.75) is 6.42 Å². The van der Waals surface area contributed by atoms with Crippen LogP contribution in [0.3, 0.4) is 0 Å². The minimum Gasteiger partial charge on any atom is -0.469 e. The molecule has 0 N–H and O–H groups in total. The number of hydrogen-bond acceptors (Lipinski definition) is 3. The highest BCUT2D eigenvalue weighted by Crippen LogP contribution is 2.29. The topological polar surface area (TPSA) is 35.5 Å². The van der Waals surface area contributed by atoms with Gasteiger partial charge in [0.2, 0.25) is 0 Å². The molecule has 0 saturated carbocycles. The minimum atomic E-state index is -0.302. The van der Waals surface area contributed by atoms with Gasteiger partial charge in [-0.1, -0.05) is 31.9 Å². The highest BCUT2D eigenvalue weighted by molar-refractivity contribution is 9.10. The van der Waals surface area contributed by atoms with Crippen molar-refractivity contribution < 1.29 is 14.3 Å². The van der Waals surface area contributed by atoms with E-state index in [1.165, 1.54) is 7.11 Å². The Hall–Kier alpha value is -1.33. The maximum atomic E-state index is 11.4. The molecule has 0 aliphatic carbocycles. The van der Waals surface area contributed by atoms with E-state index in [1.54, 1.807) is 0 Å². The van der Waals surface area contributed by atoms with Crippen molar-refractivity contribution in [3.05, 3.63) is 57.0 Å². The van der Waals surface area contributed by atoms with Crippen LogP contribution in [-0.4, -0.2) is 13.1 Å². The lowest BCUT2D eigenvalue weighted by molar-refractivity contribution is -0.139. The second-order valence-corrected chi connectivity index (χ2v) is 5.89. The zero-order valence-electron chi connectivity index (χ0n) is 10.7. The summed E-state index contributed by atoms with van der Waals surface area (Å²) in [5, 5.41) is 0. The molecule has 2 aromatic carbocycles. The standard InChI is InChI=1S/C15H12Br2O3/c1-19-15(18)9-10-8-12(17)4-7-14(10)20-13-5-2-11(16)3-6-13/h2-8H,9H2,1H3. The van der Waals surface area contributed by atoms with Crippen molar-refractivity contribution in [1.82, 2.24) is 0 Å². The van der Waals surface area contributed by atoms with Gasteiger partial charge < -0.3 is 9.47 Å². The van der Waals surface area contributed by atoms with E-state index in [2.05, 4.69) is 31.9 Å². The van der Waals surface area contributed by atoms with Crippen LogP contribution in [0, 0.1) is 0 Å². The largest absolute Gasteiger partial charge is 0.469 e. The molecule has 104 valence electrons. The number of rotatable bonds is 4. The van der Waals surface area contributed by atoms with E-state index in [9.17, 15) is 4.79 Å². The SMILES string of the molecule is COC(=O)Cc1cc(Br)ccc1Oc1ccc(Br)cc1. The molecule has 0 spiro atoms. The Morgan fingerprint density at radius 2 is 1.70 bits per heavy atom. The van der Waals surface area contributed by atoms with E-state index in [0.29, 0.717) is 11.5 Å². The summed E-state index contributed by atoms with van der Waals surface area (Å²) in [7, 11) is 1.37. The Morgan fingerprint density at radius 1 is 1.05 bits per heavy atom. The lowest BCUT2D eigenvalue weighted by atomic mass is 10.1. The molecule has 0 aliphatic rings. The van der Waals surface area contributed by atoms with Gasteiger partial charge in [0.1, 0.15) is 11.5 Å². The van der Waals surface area contributed by atoms with Gasteiger partial charge in [-0.15, -0.1) is 0 Å². The number of halogens is 2. The van der Waals surface area contributed by atoms with E-state index in [4.69, 9.17) is 9.47 Å². The van der Waals surface area contributed by atoms with Gasteiger partial charge in [0.05, 0.1) is 13.5 Å². The highest BCUT2D eigenvalue weighted by atomic mass is 79.9. The third kappa shape index (κ3) is 4.08. The first-order valence-corrected chi connectivity index (χ1v) is 7.46. The zero-order valence-corrected chi connectivity index (χ0v) is 13.9. The van der Waals surface area contributed by atoms with Crippen LogP contribution >= 0.6 is 31.9 Å². The summed E-state index contributed by atoms with van der Waals surface area (Å²) in [6.07, 6.45) is 0.168. The van der Waals surface area contributed by atoms with Crippen LogP contribution in [-0.2, 0) is 16.0 Å². The van der Waals surface area contributed by atoms with Gasteiger partial charge in [-0.05, 0) is 42.5 Å². The minimum absolute atomic E-state index is 0.168. The smallest absolute Gasteiger partial charge is 0.310 e.